The maximum Gasteiger partial charge on any atom is 0.194 e. The number of aryl methyl sites for hydroxylation is 1. The molecule has 0 fully saturated rings. The summed E-state index contributed by atoms with van der Waals surface area (Å²) in [4.78, 5) is 11.2. The monoisotopic (exact) mass is 358 g/mol. The highest BCUT2D eigenvalue weighted by Gasteiger charge is 2.05. The third-order valence-corrected chi connectivity index (χ3v) is 4.63. The SMILES string of the molecule is CCCCC/C=C/C/C=C/CCCCCCCCc1ccc(C(C)=O)o1. The van der Waals surface area contributed by atoms with Crippen LogP contribution in [-0.4, -0.2) is 5.78 Å². The fourth-order valence-electron chi connectivity index (χ4n) is 2.99. The van der Waals surface area contributed by atoms with Crippen molar-refractivity contribution >= 4 is 5.78 Å². The first-order valence-corrected chi connectivity index (χ1v) is 10.6. The smallest absolute Gasteiger partial charge is 0.194 e. The van der Waals surface area contributed by atoms with Crippen molar-refractivity contribution in [2.45, 2.75) is 97.3 Å². The first-order valence-electron chi connectivity index (χ1n) is 10.6. The van der Waals surface area contributed by atoms with Gasteiger partial charge in [0.2, 0.25) is 0 Å². The van der Waals surface area contributed by atoms with Gasteiger partial charge in [0.05, 0.1) is 0 Å². The standard InChI is InChI=1S/C24H38O2/c1-3-4-5-6-7-8-9-10-11-12-13-14-15-16-17-18-19-23-20-21-24(26-23)22(2)25/h7-8,10-11,20-21H,3-6,9,12-19H2,1-2H3/b8-7+,11-10+. The van der Waals surface area contributed by atoms with Gasteiger partial charge in [-0.15, -0.1) is 0 Å². The average Bonchev–Trinajstić information content (AvgIpc) is 3.10. The van der Waals surface area contributed by atoms with Gasteiger partial charge in [-0.05, 0) is 50.7 Å². The van der Waals surface area contributed by atoms with Crippen molar-refractivity contribution < 1.29 is 9.21 Å². The van der Waals surface area contributed by atoms with Gasteiger partial charge in [0.15, 0.2) is 11.5 Å². The molecule has 0 N–H and O–H groups in total. The molecule has 0 aliphatic heterocycles. The van der Waals surface area contributed by atoms with E-state index >= 15 is 0 Å². The largest absolute Gasteiger partial charge is 0.458 e. The highest BCUT2D eigenvalue weighted by molar-refractivity contribution is 5.91. The number of hydrogen-bond donors (Lipinski definition) is 0. The molecule has 0 bridgehead atoms. The predicted octanol–water partition coefficient (Wildman–Crippen LogP) is 7.84. The predicted molar refractivity (Wildman–Crippen MR) is 112 cm³/mol. The van der Waals surface area contributed by atoms with Crippen molar-refractivity contribution in [3.8, 4) is 0 Å². The van der Waals surface area contributed by atoms with E-state index in [-0.39, 0.29) is 5.78 Å². The van der Waals surface area contributed by atoms with Crippen LogP contribution >= 0.6 is 0 Å². The zero-order valence-electron chi connectivity index (χ0n) is 17.0. The Kier molecular flexibility index (Phi) is 13.5. The Morgan fingerprint density at radius 1 is 0.846 bits per heavy atom. The number of Topliss-reactive ketones (excluding diaryl/α,β-unsaturated/α-hetero) is 1. The van der Waals surface area contributed by atoms with Crippen LogP contribution in [0.15, 0.2) is 40.9 Å². The number of carbonyl (C=O) groups excluding carboxylic acids is 1. The zero-order valence-corrected chi connectivity index (χ0v) is 17.0. The number of furan rings is 1. The van der Waals surface area contributed by atoms with Gasteiger partial charge in [0, 0.05) is 13.3 Å². The maximum atomic E-state index is 11.2. The molecule has 0 atom stereocenters. The second kappa shape index (κ2) is 15.7. The molecule has 2 heteroatoms. The molecule has 146 valence electrons. The van der Waals surface area contributed by atoms with Gasteiger partial charge in [-0.2, -0.15) is 0 Å². The molecular formula is C24H38O2. The van der Waals surface area contributed by atoms with E-state index in [4.69, 9.17) is 4.42 Å². The Labute approximate surface area is 160 Å². The molecular weight excluding hydrogens is 320 g/mol. The van der Waals surface area contributed by atoms with Gasteiger partial charge in [-0.1, -0.05) is 69.8 Å². The summed E-state index contributed by atoms with van der Waals surface area (Å²) < 4.78 is 5.51. The Hall–Kier alpha value is -1.57. The number of unbranched alkanes of at least 4 members (excludes halogenated alkanes) is 9. The summed E-state index contributed by atoms with van der Waals surface area (Å²) >= 11 is 0. The molecule has 0 aromatic carbocycles. The van der Waals surface area contributed by atoms with Crippen LogP contribution in [0.25, 0.3) is 0 Å². The Bertz CT molecular complexity index is 522. The third kappa shape index (κ3) is 11.9. The van der Waals surface area contributed by atoms with E-state index in [1.807, 2.05) is 6.07 Å². The van der Waals surface area contributed by atoms with Crippen LogP contribution in [0.4, 0.5) is 0 Å². The van der Waals surface area contributed by atoms with Crippen LogP contribution in [-0.2, 0) is 6.42 Å². The highest BCUT2D eigenvalue weighted by Crippen LogP contribution is 2.14. The Morgan fingerprint density at radius 2 is 1.46 bits per heavy atom. The molecule has 0 unspecified atom stereocenters. The van der Waals surface area contributed by atoms with Gasteiger partial charge < -0.3 is 4.42 Å². The number of ketones is 1. The van der Waals surface area contributed by atoms with Crippen LogP contribution < -0.4 is 0 Å². The van der Waals surface area contributed by atoms with Gasteiger partial charge in [0.1, 0.15) is 5.76 Å². The van der Waals surface area contributed by atoms with E-state index in [1.165, 1.54) is 64.2 Å². The fraction of sp³-hybridized carbons (Fsp3) is 0.625. The molecule has 0 spiro atoms. The van der Waals surface area contributed by atoms with E-state index in [1.54, 1.807) is 13.0 Å². The van der Waals surface area contributed by atoms with Crippen LogP contribution in [0.2, 0.25) is 0 Å². The summed E-state index contributed by atoms with van der Waals surface area (Å²) in [5, 5.41) is 0. The van der Waals surface area contributed by atoms with Crippen LogP contribution in [0, 0.1) is 0 Å². The lowest BCUT2D eigenvalue weighted by Gasteiger charge is -2.00. The summed E-state index contributed by atoms with van der Waals surface area (Å²) in [6.45, 7) is 3.79. The molecule has 0 radical (unpaired) electrons. The lowest BCUT2D eigenvalue weighted by atomic mass is 10.1. The van der Waals surface area contributed by atoms with Gasteiger partial charge in [-0.3, -0.25) is 4.79 Å². The molecule has 0 saturated carbocycles. The van der Waals surface area contributed by atoms with Gasteiger partial charge in [0.25, 0.3) is 0 Å². The zero-order chi connectivity index (χ0) is 18.9. The first-order chi connectivity index (χ1) is 12.7. The molecule has 1 heterocycles. The topological polar surface area (TPSA) is 30.2 Å². The van der Waals surface area contributed by atoms with E-state index in [9.17, 15) is 4.79 Å². The van der Waals surface area contributed by atoms with Crippen LogP contribution in [0.1, 0.15) is 107 Å². The van der Waals surface area contributed by atoms with E-state index in [0.29, 0.717) is 5.76 Å². The number of hydrogen-bond acceptors (Lipinski definition) is 2. The van der Waals surface area contributed by atoms with Crippen molar-refractivity contribution in [3.05, 3.63) is 48.0 Å². The molecule has 1 rings (SSSR count). The van der Waals surface area contributed by atoms with E-state index in [2.05, 4.69) is 31.2 Å². The summed E-state index contributed by atoms with van der Waals surface area (Å²) in [5.74, 6) is 1.44. The molecule has 0 aliphatic rings. The maximum absolute atomic E-state index is 11.2. The van der Waals surface area contributed by atoms with Gasteiger partial charge >= 0.3 is 0 Å². The lowest BCUT2D eigenvalue weighted by molar-refractivity contribution is 0.0985. The van der Waals surface area contributed by atoms with Crippen LogP contribution in [0.3, 0.4) is 0 Å². The van der Waals surface area contributed by atoms with Crippen molar-refractivity contribution in [1.29, 1.82) is 0 Å². The molecule has 0 amide bonds. The molecule has 2 nitrogen and oxygen atoms in total. The van der Waals surface area contributed by atoms with Crippen molar-refractivity contribution in [3.63, 3.8) is 0 Å². The fourth-order valence-corrected chi connectivity index (χ4v) is 2.99. The normalized spacial score (nSPS) is 11.8. The number of rotatable bonds is 16. The first kappa shape index (κ1) is 22.5. The molecule has 0 aliphatic carbocycles. The lowest BCUT2D eigenvalue weighted by Crippen LogP contribution is -1.87. The van der Waals surface area contributed by atoms with Crippen LogP contribution in [0.5, 0.6) is 0 Å². The summed E-state index contributed by atoms with van der Waals surface area (Å²) in [6.07, 6.45) is 25.4. The van der Waals surface area contributed by atoms with Crippen molar-refractivity contribution in [2.75, 3.05) is 0 Å². The number of carbonyl (C=O) groups is 1. The summed E-state index contributed by atoms with van der Waals surface area (Å²) in [7, 11) is 0. The molecule has 0 saturated heterocycles. The minimum atomic E-state index is 0.00768. The highest BCUT2D eigenvalue weighted by atomic mass is 16.3. The second-order valence-electron chi connectivity index (χ2n) is 7.16. The average molecular weight is 359 g/mol. The minimum absolute atomic E-state index is 0.00768. The Balaban J connectivity index is 1.87. The number of allylic oxidation sites excluding steroid dienone is 4. The van der Waals surface area contributed by atoms with Crippen molar-refractivity contribution in [2.24, 2.45) is 0 Å². The minimum Gasteiger partial charge on any atom is -0.458 e. The quantitative estimate of drug-likeness (QED) is 0.171. The summed E-state index contributed by atoms with van der Waals surface area (Å²) in [6, 6.07) is 3.72. The second-order valence-corrected chi connectivity index (χ2v) is 7.16. The van der Waals surface area contributed by atoms with E-state index < -0.39 is 0 Å². The molecule has 26 heavy (non-hydrogen) atoms. The molecule has 1 aromatic rings. The van der Waals surface area contributed by atoms with Crippen molar-refractivity contribution in [1.82, 2.24) is 0 Å². The summed E-state index contributed by atoms with van der Waals surface area (Å²) in [5.41, 5.74) is 0. The van der Waals surface area contributed by atoms with Gasteiger partial charge in [-0.25, -0.2) is 0 Å². The van der Waals surface area contributed by atoms with E-state index in [0.717, 1.165) is 25.0 Å². The third-order valence-electron chi connectivity index (χ3n) is 4.63. The Morgan fingerprint density at radius 3 is 2.08 bits per heavy atom. The molecule has 1 aromatic heterocycles.